The van der Waals surface area contributed by atoms with Crippen molar-refractivity contribution in [2.75, 3.05) is 5.32 Å². The number of hydrogen-bond acceptors (Lipinski definition) is 3. The topological polar surface area (TPSA) is 24.9 Å². The van der Waals surface area contributed by atoms with Crippen molar-refractivity contribution in [1.82, 2.24) is 4.98 Å². The fourth-order valence-corrected chi connectivity index (χ4v) is 1.89. The lowest BCUT2D eigenvalue weighted by Gasteiger charge is -2.06. The van der Waals surface area contributed by atoms with Crippen LogP contribution in [0.4, 0.5) is 5.69 Å². The van der Waals surface area contributed by atoms with Gasteiger partial charge in [-0.3, -0.25) is 4.98 Å². The van der Waals surface area contributed by atoms with E-state index in [1.165, 1.54) is 10.4 Å². The molecule has 0 saturated carbocycles. The summed E-state index contributed by atoms with van der Waals surface area (Å²) in [5.74, 6) is 0. The van der Waals surface area contributed by atoms with Crippen LogP contribution in [0.5, 0.6) is 0 Å². The van der Waals surface area contributed by atoms with Crippen LogP contribution in [-0.2, 0) is 6.54 Å². The van der Waals surface area contributed by atoms with Crippen molar-refractivity contribution in [3.05, 3.63) is 46.4 Å². The zero-order chi connectivity index (χ0) is 9.80. The molecule has 0 unspecified atom stereocenters. The molecule has 1 N–H and O–H groups in total. The normalized spacial score (nSPS) is 10.1. The summed E-state index contributed by atoms with van der Waals surface area (Å²) in [6.07, 6.45) is 3.68. The smallest absolute Gasteiger partial charge is 0.0559 e. The lowest BCUT2D eigenvalue weighted by Crippen LogP contribution is -1.99. The molecule has 14 heavy (non-hydrogen) atoms. The number of pyridine rings is 1. The van der Waals surface area contributed by atoms with Crippen LogP contribution >= 0.6 is 11.3 Å². The molecule has 2 nitrogen and oxygen atoms in total. The average Bonchev–Trinajstić information content (AvgIpc) is 2.69. The molecule has 0 aliphatic heterocycles. The van der Waals surface area contributed by atoms with Gasteiger partial charge in [-0.15, -0.1) is 11.3 Å². The second-order valence-corrected chi connectivity index (χ2v) is 4.16. The second kappa shape index (κ2) is 4.24. The first-order valence-electron chi connectivity index (χ1n) is 4.53. The Kier molecular flexibility index (Phi) is 2.79. The van der Waals surface area contributed by atoms with Gasteiger partial charge in [0.25, 0.3) is 0 Å². The maximum atomic E-state index is 4.09. The van der Waals surface area contributed by atoms with Crippen LogP contribution in [-0.4, -0.2) is 4.98 Å². The van der Waals surface area contributed by atoms with Gasteiger partial charge in [-0.1, -0.05) is 6.07 Å². The predicted octanol–water partition coefficient (Wildman–Crippen LogP) is 3.06. The van der Waals surface area contributed by atoms with Gasteiger partial charge >= 0.3 is 0 Å². The number of anilines is 1. The second-order valence-electron chi connectivity index (χ2n) is 3.12. The molecule has 2 aromatic rings. The fourth-order valence-electron chi connectivity index (χ4n) is 1.24. The third kappa shape index (κ3) is 2.12. The minimum atomic E-state index is 0.879. The van der Waals surface area contributed by atoms with E-state index in [1.54, 1.807) is 11.3 Å². The summed E-state index contributed by atoms with van der Waals surface area (Å²) in [4.78, 5) is 5.43. The first kappa shape index (κ1) is 9.21. The molecule has 3 heteroatoms. The lowest BCUT2D eigenvalue weighted by molar-refractivity contribution is 1.16. The van der Waals surface area contributed by atoms with Gasteiger partial charge in [-0.25, -0.2) is 0 Å². The highest BCUT2D eigenvalue weighted by Crippen LogP contribution is 2.15. The minimum Gasteiger partial charge on any atom is -0.379 e. The maximum Gasteiger partial charge on any atom is 0.0559 e. The molecule has 2 heterocycles. The van der Waals surface area contributed by atoms with Crippen LogP contribution in [0.1, 0.15) is 10.4 Å². The van der Waals surface area contributed by atoms with E-state index in [-0.39, 0.29) is 0 Å². The van der Waals surface area contributed by atoms with Gasteiger partial charge in [-0.05, 0) is 30.0 Å². The zero-order valence-corrected chi connectivity index (χ0v) is 8.84. The number of nitrogens with one attached hydrogen (secondary N) is 1. The monoisotopic (exact) mass is 204 g/mol. The SMILES string of the molecule is Cc1ccncc1NCc1cccs1. The molecule has 0 aliphatic rings. The standard InChI is InChI=1S/C11H12N2S/c1-9-4-5-12-8-11(9)13-7-10-3-2-6-14-10/h2-6,8,13H,7H2,1H3. The van der Waals surface area contributed by atoms with E-state index < -0.39 is 0 Å². The van der Waals surface area contributed by atoms with E-state index in [4.69, 9.17) is 0 Å². The molecule has 0 spiro atoms. The molecular formula is C11H12N2S. The van der Waals surface area contributed by atoms with Crippen molar-refractivity contribution in [2.24, 2.45) is 0 Å². The van der Waals surface area contributed by atoms with Crippen molar-refractivity contribution in [3.63, 3.8) is 0 Å². The molecule has 2 aromatic heterocycles. The quantitative estimate of drug-likeness (QED) is 0.831. The Morgan fingerprint density at radius 2 is 2.36 bits per heavy atom. The van der Waals surface area contributed by atoms with Crippen molar-refractivity contribution >= 4 is 17.0 Å². The first-order chi connectivity index (χ1) is 6.86. The van der Waals surface area contributed by atoms with E-state index in [2.05, 4.69) is 34.7 Å². The van der Waals surface area contributed by atoms with Crippen molar-refractivity contribution in [3.8, 4) is 0 Å². The summed E-state index contributed by atoms with van der Waals surface area (Å²) in [5, 5.41) is 5.45. The molecule has 0 amide bonds. The highest BCUT2D eigenvalue weighted by Gasteiger charge is 1.97. The molecule has 0 bridgehead atoms. The Morgan fingerprint density at radius 1 is 1.43 bits per heavy atom. The van der Waals surface area contributed by atoms with Gasteiger partial charge in [0.05, 0.1) is 11.9 Å². The van der Waals surface area contributed by atoms with Crippen LogP contribution in [0.15, 0.2) is 36.0 Å². The summed E-state index contributed by atoms with van der Waals surface area (Å²) in [7, 11) is 0. The highest BCUT2D eigenvalue weighted by atomic mass is 32.1. The summed E-state index contributed by atoms with van der Waals surface area (Å²) in [5.41, 5.74) is 2.34. The van der Waals surface area contributed by atoms with Gasteiger partial charge in [-0.2, -0.15) is 0 Å². The number of aryl methyl sites for hydroxylation is 1. The van der Waals surface area contributed by atoms with E-state index in [1.807, 2.05) is 18.5 Å². The van der Waals surface area contributed by atoms with Gasteiger partial charge < -0.3 is 5.32 Å². The molecule has 0 fully saturated rings. The van der Waals surface area contributed by atoms with Crippen LogP contribution in [0.25, 0.3) is 0 Å². The van der Waals surface area contributed by atoms with Crippen LogP contribution in [0.3, 0.4) is 0 Å². The number of hydrogen-bond donors (Lipinski definition) is 1. The Bertz CT molecular complexity index is 395. The Hall–Kier alpha value is -1.35. The number of nitrogens with zero attached hydrogens (tertiary/aromatic N) is 1. The Labute approximate surface area is 87.6 Å². The first-order valence-corrected chi connectivity index (χ1v) is 5.41. The van der Waals surface area contributed by atoms with Gasteiger partial charge in [0.2, 0.25) is 0 Å². The third-order valence-corrected chi connectivity index (χ3v) is 2.95. The van der Waals surface area contributed by atoms with E-state index in [0.29, 0.717) is 0 Å². The summed E-state index contributed by atoms with van der Waals surface area (Å²) in [6, 6.07) is 6.21. The van der Waals surface area contributed by atoms with Gasteiger partial charge in [0.15, 0.2) is 0 Å². The summed E-state index contributed by atoms with van der Waals surface area (Å²) < 4.78 is 0. The van der Waals surface area contributed by atoms with Crippen LogP contribution < -0.4 is 5.32 Å². The summed E-state index contributed by atoms with van der Waals surface area (Å²) >= 11 is 1.77. The minimum absolute atomic E-state index is 0.879. The Morgan fingerprint density at radius 3 is 3.07 bits per heavy atom. The van der Waals surface area contributed by atoms with Gasteiger partial charge in [0, 0.05) is 17.6 Å². The van der Waals surface area contributed by atoms with Gasteiger partial charge in [0.1, 0.15) is 0 Å². The largest absolute Gasteiger partial charge is 0.379 e. The molecule has 2 rings (SSSR count). The van der Waals surface area contributed by atoms with Crippen molar-refractivity contribution < 1.29 is 0 Å². The fraction of sp³-hybridized carbons (Fsp3) is 0.182. The predicted molar refractivity (Wildman–Crippen MR) is 60.6 cm³/mol. The highest BCUT2D eigenvalue weighted by molar-refractivity contribution is 7.09. The average molecular weight is 204 g/mol. The molecule has 0 atom stereocenters. The Balaban J connectivity index is 2.02. The van der Waals surface area contributed by atoms with Crippen molar-refractivity contribution in [1.29, 1.82) is 0 Å². The van der Waals surface area contributed by atoms with Crippen LogP contribution in [0, 0.1) is 6.92 Å². The maximum absolute atomic E-state index is 4.09. The third-order valence-electron chi connectivity index (χ3n) is 2.07. The van der Waals surface area contributed by atoms with E-state index >= 15 is 0 Å². The zero-order valence-electron chi connectivity index (χ0n) is 8.03. The van der Waals surface area contributed by atoms with E-state index in [0.717, 1.165) is 12.2 Å². The van der Waals surface area contributed by atoms with E-state index in [9.17, 15) is 0 Å². The molecule has 0 aromatic carbocycles. The molecule has 72 valence electrons. The molecule has 0 radical (unpaired) electrons. The number of aromatic nitrogens is 1. The number of rotatable bonds is 3. The lowest BCUT2D eigenvalue weighted by atomic mass is 10.2. The molecular weight excluding hydrogens is 192 g/mol. The van der Waals surface area contributed by atoms with Crippen molar-refractivity contribution in [2.45, 2.75) is 13.5 Å². The molecule has 0 aliphatic carbocycles. The number of thiophene rings is 1. The summed E-state index contributed by atoms with van der Waals surface area (Å²) in [6.45, 7) is 2.96. The van der Waals surface area contributed by atoms with Crippen LogP contribution in [0.2, 0.25) is 0 Å². The molecule has 0 saturated heterocycles.